The molecular formula is C22H41N3. The Balaban J connectivity index is 0.000000202. The van der Waals surface area contributed by atoms with E-state index in [9.17, 15) is 0 Å². The van der Waals surface area contributed by atoms with Crippen LogP contribution in [0.2, 0.25) is 0 Å². The van der Waals surface area contributed by atoms with E-state index in [2.05, 4.69) is 67.5 Å². The first-order valence-corrected chi connectivity index (χ1v) is 10.4. The minimum Gasteiger partial charge on any atom is -0.314 e. The van der Waals surface area contributed by atoms with Crippen LogP contribution in [-0.4, -0.2) is 43.7 Å². The Labute approximate surface area is 156 Å². The van der Waals surface area contributed by atoms with Crippen molar-refractivity contribution in [1.82, 2.24) is 15.5 Å². The summed E-state index contributed by atoms with van der Waals surface area (Å²) in [5.74, 6) is 0. The highest BCUT2D eigenvalue weighted by atomic mass is 15.2. The van der Waals surface area contributed by atoms with Crippen molar-refractivity contribution in [3.63, 3.8) is 0 Å². The lowest BCUT2D eigenvalue weighted by Gasteiger charge is -2.26. The molecule has 0 saturated carbocycles. The van der Waals surface area contributed by atoms with Crippen molar-refractivity contribution in [2.75, 3.05) is 32.7 Å². The first-order chi connectivity index (χ1) is 12.2. The fourth-order valence-electron chi connectivity index (χ4n) is 3.22. The first kappa shape index (κ1) is 22.1. The van der Waals surface area contributed by atoms with Gasteiger partial charge in [0.15, 0.2) is 0 Å². The number of unbranched alkanes of at least 4 members (excludes halogenated alkanes) is 2. The van der Waals surface area contributed by atoms with Gasteiger partial charge in [0.25, 0.3) is 0 Å². The van der Waals surface area contributed by atoms with E-state index in [0.29, 0.717) is 6.04 Å². The Hall–Kier alpha value is -0.900. The zero-order chi connectivity index (χ0) is 18.3. The van der Waals surface area contributed by atoms with Crippen molar-refractivity contribution in [2.24, 2.45) is 0 Å². The van der Waals surface area contributed by atoms with Crippen LogP contribution in [0, 0.1) is 0 Å². The minimum absolute atomic E-state index is 0.643. The highest BCUT2D eigenvalue weighted by Crippen LogP contribution is 2.15. The molecule has 0 spiro atoms. The van der Waals surface area contributed by atoms with Crippen molar-refractivity contribution in [2.45, 2.75) is 72.4 Å². The molecule has 2 N–H and O–H groups in total. The van der Waals surface area contributed by atoms with Gasteiger partial charge in [0.2, 0.25) is 0 Å². The number of hydrogen-bond acceptors (Lipinski definition) is 3. The van der Waals surface area contributed by atoms with Crippen molar-refractivity contribution < 1.29 is 0 Å². The molecule has 2 aliphatic rings. The predicted molar refractivity (Wildman–Crippen MR) is 111 cm³/mol. The Morgan fingerprint density at radius 1 is 0.960 bits per heavy atom. The molecule has 1 fully saturated rings. The van der Waals surface area contributed by atoms with Gasteiger partial charge in [-0.25, -0.2) is 0 Å². The predicted octanol–water partition coefficient (Wildman–Crippen LogP) is 4.22. The summed E-state index contributed by atoms with van der Waals surface area (Å²) in [5, 5.41) is 6.77. The highest BCUT2D eigenvalue weighted by molar-refractivity contribution is 5.29. The molecule has 0 amide bonds. The third kappa shape index (κ3) is 9.98. The van der Waals surface area contributed by atoms with Crippen LogP contribution in [0.25, 0.3) is 0 Å². The largest absolute Gasteiger partial charge is 0.314 e. The Morgan fingerprint density at radius 2 is 1.60 bits per heavy atom. The van der Waals surface area contributed by atoms with Crippen LogP contribution in [0.1, 0.15) is 64.5 Å². The van der Waals surface area contributed by atoms with E-state index in [-0.39, 0.29) is 0 Å². The maximum atomic E-state index is 3.44. The van der Waals surface area contributed by atoms with E-state index in [1.54, 1.807) is 0 Å². The van der Waals surface area contributed by atoms with Gasteiger partial charge in [-0.3, -0.25) is 0 Å². The van der Waals surface area contributed by atoms with Gasteiger partial charge in [-0.15, -0.1) is 0 Å². The zero-order valence-electron chi connectivity index (χ0n) is 17.1. The summed E-state index contributed by atoms with van der Waals surface area (Å²) in [4.78, 5) is 2.51. The summed E-state index contributed by atoms with van der Waals surface area (Å²) >= 11 is 0. The molecule has 1 aromatic carbocycles. The van der Waals surface area contributed by atoms with E-state index in [4.69, 9.17) is 0 Å². The standard InChI is InChI=1S/C10H13N.C7H16N2.C5H12/c1-8-6-9-4-2-3-5-10(9)7-11-8;1-2-5-9-6-3-8-4-7-9;1-3-5-4-2/h2-5,8,11H,6-7H2,1H3;8H,2-7H2,1H3;3-5H2,1-2H3. The molecule has 3 nitrogen and oxygen atoms in total. The normalized spacial score (nSPS) is 19.8. The lowest BCUT2D eigenvalue weighted by Crippen LogP contribution is -2.43. The van der Waals surface area contributed by atoms with Crippen LogP contribution in [-0.2, 0) is 13.0 Å². The molecule has 0 aromatic heterocycles. The molecule has 3 rings (SSSR count). The van der Waals surface area contributed by atoms with E-state index in [1.807, 2.05) is 0 Å². The number of piperazine rings is 1. The summed E-state index contributed by atoms with van der Waals surface area (Å²) in [7, 11) is 0. The van der Waals surface area contributed by atoms with Crippen molar-refractivity contribution in [1.29, 1.82) is 0 Å². The average Bonchev–Trinajstić information content (AvgIpc) is 2.64. The second kappa shape index (κ2) is 14.3. The van der Waals surface area contributed by atoms with E-state index in [1.165, 1.54) is 76.0 Å². The highest BCUT2D eigenvalue weighted by Gasteiger charge is 2.12. The smallest absolute Gasteiger partial charge is 0.0210 e. The van der Waals surface area contributed by atoms with Gasteiger partial charge in [0.05, 0.1) is 0 Å². The van der Waals surface area contributed by atoms with E-state index >= 15 is 0 Å². The summed E-state index contributed by atoms with van der Waals surface area (Å²) in [6.45, 7) is 16.1. The lowest BCUT2D eigenvalue weighted by molar-refractivity contribution is 0.241. The molecule has 1 saturated heterocycles. The summed E-state index contributed by atoms with van der Waals surface area (Å²) in [5.41, 5.74) is 2.98. The average molecular weight is 348 g/mol. The van der Waals surface area contributed by atoms with Crippen LogP contribution in [0.5, 0.6) is 0 Å². The number of hydrogen-bond donors (Lipinski definition) is 2. The molecule has 144 valence electrons. The maximum Gasteiger partial charge on any atom is 0.0210 e. The summed E-state index contributed by atoms with van der Waals surface area (Å²) < 4.78 is 0. The number of benzene rings is 1. The van der Waals surface area contributed by atoms with Gasteiger partial charge >= 0.3 is 0 Å². The number of nitrogens with one attached hydrogen (secondary N) is 2. The van der Waals surface area contributed by atoms with Gasteiger partial charge in [-0.1, -0.05) is 64.3 Å². The molecule has 2 aliphatic heterocycles. The second-order valence-corrected chi connectivity index (χ2v) is 7.20. The Kier molecular flexibility index (Phi) is 12.7. The minimum atomic E-state index is 0.643. The number of rotatable bonds is 4. The monoisotopic (exact) mass is 347 g/mol. The van der Waals surface area contributed by atoms with E-state index in [0.717, 1.165) is 6.54 Å². The van der Waals surface area contributed by atoms with Crippen LogP contribution in [0.4, 0.5) is 0 Å². The number of nitrogens with zero attached hydrogens (tertiary/aromatic N) is 1. The number of fused-ring (bicyclic) bond motifs is 1. The Morgan fingerprint density at radius 3 is 2.16 bits per heavy atom. The van der Waals surface area contributed by atoms with E-state index < -0.39 is 0 Å². The van der Waals surface area contributed by atoms with Crippen LogP contribution in [0.3, 0.4) is 0 Å². The molecule has 1 aromatic rings. The molecule has 1 atom stereocenters. The Bertz CT molecular complexity index is 422. The fourth-order valence-corrected chi connectivity index (χ4v) is 3.22. The molecule has 0 radical (unpaired) electrons. The first-order valence-electron chi connectivity index (χ1n) is 10.4. The van der Waals surface area contributed by atoms with Gasteiger partial charge in [0.1, 0.15) is 0 Å². The molecular weight excluding hydrogens is 306 g/mol. The van der Waals surface area contributed by atoms with Crippen LogP contribution >= 0.6 is 0 Å². The van der Waals surface area contributed by atoms with Crippen LogP contribution in [0.15, 0.2) is 24.3 Å². The van der Waals surface area contributed by atoms with Gasteiger partial charge in [-0.05, 0) is 37.4 Å². The molecule has 0 bridgehead atoms. The molecule has 2 heterocycles. The second-order valence-electron chi connectivity index (χ2n) is 7.20. The molecule has 0 aliphatic carbocycles. The molecule has 25 heavy (non-hydrogen) atoms. The third-order valence-corrected chi connectivity index (χ3v) is 4.74. The van der Waals surface area contributed by atoms with Crippen molar-refractivity contribution in [3.8, 4) is 0 Å². The summed E-state index contributed by atoms with van der Waals surface area (Å²) in [6, 6.07) is 9.30. The maximum absolute atomic E-state index is 3.44. The van der Waals surface area contributed by atoms with Crippen molar-refractivity contribution >= 4 is 0 Å². The lowest BCUT2D eigenvalue weighted by atomic mass is 9.97. The van der Waals surface area contributed by atoms with Gasteiger partial charge in [-0.2, -0.15) is 0 Å². The van der Waals surface area contributed by atoms with Crippen LogP contribution < -0.4 is 10.6 Å². The summed E-state index contributed by atoms with van der Waals surface area (Å²) in [6.07, 6.45) is 6.54. The van der Waals surface area contributed by atoms with Gasteiger partial charge in [0, 0.05) is 38.8 Å². The topological polar surface area (TPSA) is 27.3 Å². The third-order valence-electron chi connectivity index (χ3n) is 4.74. The molecule has 1 unspecified atom stereocenters. The zero-order valence-corrected chi connectivity index (χ0v) is 17.1. The molecule has 3 heteroatoms. The quantitative estimate of drug-likeness (QED) is 0.854. The van der Waals surface area contributed by atoms with Gasteiger partial charge < -0.3 is 15.5 Å². The SMILES string of the molecule is CC1Cc2ccccc2CN1.CCCCC.CCCN1CCNCC1. The van der Waals surface area contributed by atoms with Crippen molar-refractivity contribution in [3.05, 3.63) is 35.4 Å². The fraction of sp³-hybridized carbons (Fsp3) is 0.727.